The van der Waals surface area contributed by atoms with Crippen molar-refractivity contribution in [2.75, 3.05) is 18.0 Å². The maximum Gasteiger partial charge on any atom is 0.132 e. The smallest absolute Gasteiger partial charge is 0.132 e. The minimum Gasteiger partial charge on any atom is -0.356 e. The van der Waals surface area contributed by atoms with Crippen LogP contribution in [-0.4, -0.2) is 24.1 Å². The maximum absolute atomic E-state index is 6.20. The molecule has 0 radical (unpaired) electrons. The van der Waals surface area contributed by atoms with Crippen molar-refractivity contribution < 1.29 is 0 Å². The van der Waals surface area contributed by atoms with E-state index < -0.39 is 0 Å². The van der Waals surface area contributed by atoms with Crippen LogP contribution in [0.4, 0.5) is 5.82 Å². The third-order valence-electron chi connectivity index (χ3n) is 4.44. The Bertz CT molecular complexity index is 602. The Morgan fingerprint density at radius 3 is 2.71 bits per heavy atom. The Kier molecular flexibility index (Phi) is 4.39. The van der Waals surface area contributed by atoms with Gasteiger partial charge in [0.1, 0.15) is 5.82 Å². The molecule has 3 heteroatoms. The van der Waals surface area contributed by atoms with E-state index in [1.807, 2.05) is 0 Å². The van der Waals surface area contributed by atoms with Gasteiger partial charge in [-0.25, -0.2) is 4.98 Å². The van der Waals surface area contributed by atoms with Crippen molar-refractivity contribution in [2.45, 2.75) is 45.1 Å². The third kappa shape index (κ3) is 3.18. The van der Waals surface area contributed by atoms with Gasteiger partial charge in [-0.2, -0.15) is 0 Å². The molecule has 0 bridgehead atoms. The number of piperidine rings is 1. The van der Waals surface area contributed by atoms with E-state index >= 15 is 0 Å². The highest BCUT2D eigenvalue weighted by Crippen LogP contribution is 2.27. The number of nitrogens with two attached hydrogens (primary N) is 1. The lowest BCUT2D eigenvalue weighted by Gasteiger charge is -2.30. The van der Waals surface area contributed by atoms with E-state index in [9.17, 15) is 0 Å². The van der Waals surface area contributed by atoms with E-state index in [-0.39, 0.29) is 6.04 Å². The first-order chi connectivity index (χ1) is 10.3. The largest absolute Gasteiger partial charge is 0.356 e. The van der Waals surface area contributed by atoms with Crippen LogP contribution in [-0.2, 0) is 6.42 Å². The van der Waals surface area contributed by atoms with Crippen molar-refractivity contribution >= 4 is 16.7 Å². The summed E-state index contributed by atoms with van der Waals surface area (Å²) in [6.07, 6.45) is 5.81. The Labute approximate surface area is 127 Å². The summed E-state index contributed by atoms with van der Waals surface area (Å²) in [6.45, 7) is 4.40. The van der Waals surface area contributed by atoms with Gasteiger partial charge in [-0.3, -0.25) is 0 Å². The third-order valence-corrected chi connectivity index (χ3v) is 4.44. The van der Waals surface area contributed by atoms with Crippen molar-refractivity contribution in [3.8, 4) is 0 Å². The highest BCUT2D eigenvalue weighted by molar-refractivity contribution is 5.81. The second kappa shape index (κ2) is 6.44. The number of benzene rings is 1. The molecule has 2 heterocycles. The number of aromatic nitrogens is 1. The van der Waals surface area contributed by atoms with Gasteiger partial charge in [0, 0.05) is 24.5 Å². The second-order valence-corrected chi connectivity index (χ2v) is 6.08. The SMILES string of the molecule is CCC(N)Cc1cc2ccccc2nc1N1CCCCC1. The molecule has 1 aliphatic heterocycles. The van der Waals surface area contributed by atoms with Crippen LogP contribution < -0.4 is 10.6 Å². The minimum absolute atomic E-state index is 0.219. The quantitative estimate of drug-likeness (QED) is 0.933. The first kappa shape index (κ1) is 14.3. The molecular weight excluding hydrogens is 258 g/mol. The zero-order valence-corrected chi connectivity index (χ0v) is 12.9. The molecule has 0 spiro atoms. The molecule has 1 atom stereocenters. The summed E-state index contributed by atoms with van der Waals surface area (Å²) < 4.78 is 0. The number of hydrogen-bond acceptors (Lipinski definition) is 3. The summed E-state index contributed by atoms with van der Waals surface area (Å²) in [7, 11) is 0. The standard InChI is InChI=1S/C18H25N3/c1-2-16(19)13-15-12-14-8-4-5-9-17(14)20-18(15)21-10-6-3-7-11-21/h4-5,8-9,12,16H,2-3,6-7,10-11,13,19H2,1H3. The van der Waals surface area contributed by atoms with E-state index in [2.05, 4.69) is 42.2 Å². The van der Waals surface area contributed by atoms with Gasteiger partial charge in [0.15, 0.2) is 0 Å². The normalized spacial score (nSPS) is 17.1. The lowest BCUT2D eigenvalue weighted by atomic mass is 10.0. The summed E-state index contributed by atoms with van der Waals surface area (Å²) >= 11 is 0. The molecule has 1 aromatic carbocycles. The van der Waals surface area contributed by atoms with Crippen LogP contribution in [0.25, 0.3) is 10.9 Å². The number of hydrogen-bond donors (Lipinski definition) is 1. The topological polar surface area (TPSA) is 42.1 Å². The fourth-order valence-corrected chi connectivity index (χ4v) is 3.11. The summed E-state index contributed by atoms with van der Waals surface area (Å²) in [4.78, 5) is 7.41. The van der Waals surface area contributed by atoms with Crippen LogP contribution in [0.15, 0.2) is 30.3 Å². The Morgan fingerprint density at radius 1 is 1.19 bits per heavy atom. The van der Waals surface area contributed by atoms with E-state index in [0.717, 1.165) is 37.3 Å². The molecular formula is C18H25N3. The van der Waals surface area contributed by atoms with E-state index in [4.69, 9.17) is 10.7 Å². The van der Waals surface area contributed by atoms with Gasteiger partial charge in [-0.05, 0) is 49.8 Å². The molecule has 0 amide bonds. The molecule has 2 aromatic rings. The fraction of sp³-hybridized carbons (Fsp3) is 0.500. The Balaban J connectivity index is 2.02. The van der Waals surface area contributed by atoms with Crippen LogP contribution in [0, 0.1) is 0 Å². The highest BCUT2D eigenvalue weighted by atomic mass is 15.2. The highest BCUT2D eigenvalue weighted by Gasteiger charge is 2.18. The Hall–Kier alpha value is -1.61. The van der Waals surface area contributed by atoms with Crippen molar-refractivity contribution in [1.82, 2.24) is 4.98 Å². The number of rotatable bonds is 4. The maximum atomic E-state index is 6.20. The van der Waals surface area contributed by atoms with E-state index in [1.54, 1.807) is 0 Å². The first-order valence-electron chi connectivity index (χ1n) is 8.17. The molecule has 1 saturated heterocycles. The predicted molar refractivity (Wildman–Crippen MR) is 89.8 cm³/mol. The van der Waals surface area contributed by atoms with E-state index in [0.29, 0.717) is 0 Å². The lowest BCUT2D eigenvalue weighted by Crippen LogP contribution is -2.32. The van der Waals surface area contributed by atoms with Crippen molar-refractivity contribution in [3.63, 3.8) is 0 Å². The average Bonchev–Trinajstić information content (AvgIpc) is 2.55. The lowest BCUT2D eigenvalue weighted by molar-refractivity contribution is 0.569. The minimum atomic E-state index is 0.219. The molecule has 1 unspecified atom stereocenters. The van der Waals surface area contributed by atoms with Gasteiger partial charge in [0.2, 0.25) is 0 Å². The monoisotopic (exact) mass is 283 g/mol. The van der Waals surface area contributed by atoms with Crippen LogP contribution in [0.3, 0.4) is 0 Å². The molecule has 3 nitrogen and oxygen atoms in total. The molecule has 2 N–H and O–H groups in total. The molecule has 21 heavy (non-hydrogen) atoms. The van der Waals surface area contributed by atoms with Crippen molar-refractivity contribution in [1.29, 1.82) is 0 Å². The zero-order valence-electron chi connectivity index (χ0n) is 12.9. The summed E-state index contributed by atoms with van der Waals surface area (Å²) in [5.41, 5.74) is 8.60. The molecule has 0 aliphatic carbocycles. The number of para-hydroxylation sites is 1. The van der Waals surface area contributed by atoms with Gasteiger partial charge in [0.25, 0.3) is 0 Å². The molecule has 3 rings (SSSR count). The Morgan fingerprint density at radius 2 is 1.95 bits per heavy atom. The summed E-state index contributed by atoms with van der Waals surface area (Å²) in [5, 5.41) is 1.22. The molecule has 0 saturated carbocycles. The van der Waals surface area contributed by atoms with Gasteiger partial charge >= 0.3 is 0 Å². The predicted octanol–water partition coefficient (Wildman–Crippen LogP) is 3.50. The molecule has 1 fully saturated rings. The van der Waals surface area contributed by atoms with Gasteiger partial charge in [-0.1, -0.05) is 25.1 Å². The van der Waals surface area contributed by atoms with Gasteiger partial charge < -0.3 is 10.6 Å². The second-order valence-electron chi connectivity index (χ2n) is 6.08. The van der Waals surface area contributed by atoms with Gasteiger partial charge in [-0.15, -0.1) is 0 Å². The first-order valence-corrected chi connectivity index (χ1v) is 8.17. The fourth-order valence-electron chi connectivity index (χ4n) is 3.11. The molecule has 112 valence electrons. The van der Waals surface area contributed by atoms with Crippen LogP contribution >= 0.6 is 0 Å². The van der Waals surface area contributed by atoms with Crippen molar-refractivity contribution in [2.24, 2.45) is 5.73 Å². The average molecular weight is 283 g/mol. The van der Waals surface area contributed by atoms with Gasteiger partial charge in [0.05, 0.1) is 5.52 Å². The number of pyridine rings is 1. The van der Waals surface area contributed by atoms with E-state index in [1.165, 1.54) is 30.2 Å². The van der Waals surface area contributed by atoms with Crippen LogP contribution in [0.2, 0.25) is 0 Å². The molecule has 1 aliphatic rings. The number of anilines is 1. The van der Waals surface area contributed by atoms with Crippen LogP contribution in [0.1, 0.15) is 38.2 Å². The summed E-state index contributed by atoms with van der Waals surface area (Å²) in [6, 6.07) is 10.9. The zero-order chi connectivity index (χ0) is 14.7. The summed E-state index contributed by atoms with van der Waals surface area (Å²) in [5.74, 6) is 1.16. The van der Waals surface area contributed by atoms with Crippen molar-refractivity contribution in [3.05, 3.63) is 35.9 Å². The molecule has 1 aromatic heterocycles. The number of nitrogens with zero attached hydrogens (tertiary/aromatic N) is 2. The number of fused-ring (bicyclic) bond motifs is 1. The van der Waals surface area contributed by atoms with Crippen LogP contribution in [0.5, 0.6) is 0 Å².